The Balaban J connectivity index is 1.90. The summed E-state index contributed by atoms with van der Waals surface area (Å²) in [5.74, 6) is 1.49. The van der Waals surface area contributed by atoms with Crippen molar-refractivity contribution < 1.29 is 9.53 Å². The van der Waals surface area contributed by atoms with E-state index < -0.39 is 0 Å². The first kappa shape index (κ1) is 11.0. The number of carbonyl (C=O) groups excluding carboxylic acids is 1. The average molecular weight is 219 g/mol. The van der Waals surface area contributed by atoms with Crippen LogP contribution in [0.25, 0.3) is 0 Å². The van der Waals surface area contributed by atoms with E-state index >= 15 is 0 Å². The monoisotopic (exact) mass is 219 g/mol. The van der Waals surface area contributed by atoms with E-state index in [0.717, 1.165) is 12.2 Å². The van der Waals surface area contributed by atoms with Crippen LogP contribution in [0.5, 0.6) is 5.75 Å². The number of para-hydroxylation sites is 1. The summed E-state index contributed by atoms with van der Waals surface area (Å²) in [6.07, 6.45) is 1.53. The van der Waals surface area contributed by atoms with E-state index in [9.17, 15) is 4.79 Å². The lowest BCUT2D eigenvalue weighted by Crippen LogP contribution is -2.34. The number of hydrogen-bond donors (Lipinski definition) is 1. The van der Waals surface area contributed by atoms with Gasteiger partial charge in [0.05, 0.1) is 6.61 Å². The smallest absolute Gasteiger partial charge is 0.219 e. The molecule has 0 bridgehead atoms. The quantitative estimate of drug-likeness (QED) is 0.841. The molecule has 0 radical (unpaired) electrons. The molecule has 0 saturated carbocycles. The van der Waals surface area contributed by atoms with Crippen LogP contribution in [0, 0.1) is 5.92 Å². The van der Waals surface area contributed by atoms with Gasteiger partial charge in [0.15, 0.2) is 0 Å². The molecule has 1 unspecified atom stereocenters. The van der Waals surface area contributed by atoms with E-state index in [1.165, 1.54) is 5.56 Å². The van der Waals surface area contributed by atoms with Gasteiger partial charge in [-0.25, -0.2) is 0 Å². The normalized spacial score (nSPS) is 18.4. The molecule has 2 rings (SSSR count). The van der Waals surface area contributed by atoms with Gasteiger partial charge in [0.25, 0.3) is 0 Å². The molecule has 1 N–H and O–H groups in total. The van der Waals surface area contributed by atoms with Gasteiger partial charge in [-0.3, -0.25) is 4.79 Å². The first-order valence-corrected chi connectivity index (χ1v) is 5.77. The fraction of sp³-hybridized carbons (Fsp3) is 0.462. The van der Waals surface area contributed by atoms with Crippen molar-refractivity contribution in [2.45, 2.75) is 19.8 Å². The van der Waals surface area contributed by atoms with Gasteiger partial charge in [-0.2, -0.15) is 0 Å². The van der Waals surface area contributed by atoms with Crippen LogP contribution in [0.3, 0.4) is 0 Å². The summed E-state index contributed by atoms with van der Waals surface area (Å²) >= 11 is 0. The first-order chi connectivity index (χ1) is 7.79. The van der Waals surface area contributed by atoms with Crippen molar-refractivity contribution >= 4 is 5.91 Å². The number of carbonyl (C=O) groups is 1. The summed E-state index contributed by atoms with van der Waals surface area (Å²) in [6.45, 7) is 3.27. The molecule has 1 heterocycles. The maximum atomic E-state index is 11.1. The molecule has 0 aromatic heterocycles. The molecule has 3 heteroatoms. The van der Waals surface area contributed by atoms with E-state index in [2.05, 4.69) is 11.4 Å². The molecular formula is C13H17NO2. The molecule has 0 fully saturated rings. The van der Waals surface area contributed by atoms with Crippen molar-refractivity contribution in [1.29, 1.82) is 0 Å². The molecule has 1 aliphatic heterocycles. The maximum absolute atomic E-state index is 11.1. The lowest BCUT2D eigenvalue weighted by molar-refractivity contribution is -0.121. The average Bonchev–Trinajstić information content (AvgIpc) is 2.35. The van der Waals surface area contributed by atoms with Crippen molar-refractivity contribution in [1.82, 2.24) is 5.32 Å². The minimum Gasteiger partial charge on any atom is -0.493 e. The Bertz CT molecular complexity index is 376. The molecule has 0 aliphatic carbocycles. The fourth-order valence-electron chi connectivity index (χ4n) is 1.91. The molecule has 86 valence electrons. The third-order valence-corrected chi connectivity index (χ3v) is 2.86. The van der Waals surface area contributed by atoms with Crippen LogP contribution in [-0.4, -0.2) is 19.1 Å². The van der Waals surface area contributed by atoms with E-state index in [1.54, 1.807) is 0 Å². The van der Waals surface area contributed by atoms with Gasteiger partial charge in [0, 0.05) is 18.9 Å². The molecule has 3 nitrogen and oxygen atoms in total. The molecule has 1 atom stereocenters. The van der Waals surface area contributed by atoms with Crippen LogP contribution in [0.1, 0.15) is 18.9 Å². The number of hydrogen-bond acceptors (Lipinski definition) is 2. The molecule has 0 saturated heterocycles. The highest BCUT2D eigenvalue weighted by molar-refractivity contribution is 5.75. The zero-order valence-electron chi connectivity index (χ0n) is 9.53. The third-order valence-electron chi connectivity index (χ3n) is 2.86. The maximum Gasteiger partial charge on any atom is 0.219 e. The Kier molecular flexibility index (Phi) is 3.44. The van der Waals surface area contributed by atoms with Crippen molar-refractivity contribution in [3.63, 3.8) is 0 Å². The summed E-state index contributed by atoms with van der Waals surface area (Å²) in [5.41, 5.74) is 1.24. The van der Waals surface area contributed by atoms with Gasteiger partial charge in [-0.15, -0.1) is 0 Å². The van der Waals surface area contributed by atoms with Crippen molar-refractivity contribution in [2.24, 2.45) is 5.92 Å². The van der Waals surface area contributed by atoms with Gasteiger partial charge < -0.3 is 10.1 Å². The largest absolute Gasteiger partial charge is 0.493 e. The molecule has 1 aromatic carbocycles. The molecule has 1 aliphatic rings. The lowest BCUT2D eigenvalue weighted by atomic mass is 9.97. The number of fused-ring (bicyclic) bond motifs is 1. The van der Waals surface area contributed by atoms with E-state index in [1.807, 2.05) is 25.1 Å². The summed E-state index contributed by atoms with van der Waals surface area (Å²) in [6, 6.07) is 8.09. The molecule has 0 spiro atoms. The Morgan fingerprint density at radius 3 is 3.12 bits per heavy atom. The van der Waals surface area contributed by atoms with Crippen LogP contribution in [-0.2, 0) is 11.2 Å². The van der Waals surface area contributed by atoms with Crippen LogP contribution in [0.15, 0.2) is 24.3 Å². The minimum absolute atomic E-state index is 0.110. The molecular weight excluding hydrogens is 202 g/mol. The van der Waals surface area contributed by atoms with Crippen molar-refractivity contribution in [2.75, 3.05) is 13.2 Å². The number of rotatable bonds is 3. The van der Waals surface area contributed by atoms with Gasteiger partial charge in [0.1, 0.15) is 5.75 Å². The first-order valence-electron chi connectivity index (χ1n) is 5.77. The highest BCUT2D eigenvalue weighted by Crippen LogP contribution is 2.26. The summed E-state index contributed by atoms with van der Waals surface area (Å²) in [5, 5.41) is 2.91. The lowest BCUT2D eigenvalue weighted by Gasteiger charge is -2.25. The summed E-state index contributed by atoms with van der Waals surface area (Å²) in [4.78, 5) is 11.1. The van der Waals surface area contributed by atoms with Crippen LogP contribution < -0.4 is 10.1 Å². The minimum atomic E-state index is 0.110. The topological polar surface area (TPSA) is 38.3 Å². The summed E-state index contributed by atoms with van der Waals surface area (Å²) < 4.78 is 5.65. The fourth-order valence-corrected chi connectivity index (χ4v) is 1.91. The predicted molar refractivity (Wildman–Crippen MR) is 62.4 cm³/mol. The Morgan fingerprint density at radius 2 is 2.31 bits per heavy atom. The second-order valence-corrected chi connectivity index (χ2v) is 4.15. The zero-order chi connectivity index (χ0) is 11.4. The van der Waals surface area contributed by atoms with Gasteiger partial charge in [-0.1, -0.05) is 25.1 Å². The molecule has 16 heavy (non-hydrogen) atoms. The SMILES string of the molecule is CCC(=O)NCC1COc2ccccc2C1. The third kappa shape index (κ3) is 2.54. The highest BCUT2D eigenvalue weighted by atomic mass is 16.5. The van der Waals surface area contributed by atoms with Gasteiger partial charge in [0.2, 0.25) is 5.91 Å². The number of nitrogens with one attached hydrogen (secondary N) is 1. The zero-order valence-corrected chi connectivity index (χ0v) is 9.53. The Hall–Kier alpha value is -1.51. The summed E-state index contributed by atoms with van der Waals surface area (Å²) in [7, 11) is 0. The highest BCUT2D eigenvalue weighted by Gasteiger charge is 2.19. The van der Waals surface area contributed by atoms with Gasteiger partial charge in [-0.05, 0) is 18.1 Å². The number of amides is 1. The second-order valence-electron chi connectivity index (χ2n) is 4.15. The van der Waals surface area contributed by atoms with Crippen LogP contribution in [0.2, 0.25) is 0 Å². The number of ether oxygens (including phenoxy) is 1. The molecule has 1 amide bonds. The molecule has 1 aromatic rings. The van der Waals surface area contributed by atoms with Crippen LogP contribution >= 0.6 is 0 Å². The van der Waals surface area contributed by atoms with Gasteiger partial charge >= 0.3 is 0 Å². The predicted octanol–water partition coefficient (Wildman–Crippen LogP) is 1.76. The van der Waals surface area contributed by atoms with Crippen molar-refractivity contribution in [3.8, 4) is 5.75 Å². The van der Waals surface area contributed by atoms with E-state index in [0.29, 0.717) is 25.5 Å². The van der Waals surface area contributed by atoms with Crippen molar-refractivity contribution in [3.05, 3.63) is 29.8 Å². The van der Waals surface area contributed by atoms with Crippen LogP contribution in [0.4, 0.5) is 0 Å². The Labute approximate surface area is 95.8 Å². The van der Waals surface area contributed by atoms with E-state index in [4.69, 9.17) is 4.74 Å². The second kappa shape index (κ2) is 5.01. The van der Waals surface area contributed by atoms with E-state index in [-0.39, 0.29) is 5.91 Å². The number of benzene rings is 1. The Morgan fingerprint density at radius 1 is 1.50 bits per heavy atom. The standard InChI is InChI=1S/C13H17NO2/c1-2-13(15)14-8-10-7-11-5-3-4-6-12(11)16-9-10/h3-6,10H,2,7-9H2,1H3,(H,14,15).